The summed E-state index contributed by atoms with van der Waals surface area (Å²) in [5.74, 6) is -0.534. The summed E-state index contributed by atoms with van der Waals surface area (Å²) in [5.41, 5.74) is 0. The number of nitrogens with zero attached hydrogens (tertiary/aromatic N) is 1. The molecule has 0 N–H and O–H groups in total. The van der Waals surface area contributed by atoms with Crippen LogP contribution >= 0.6 is 11.8 Å². The molecule has 0 heterocycles. The summed E-state index contributed by atoms with van der Waals surface area (Å²) in [4.78, 5) is 0. The number of ether oxygens (including phenoxy) is 2. The van der Waals surface area contributed by atoms with Crippen molar-refractivity contribution in [1.82, 2.24) is 0 Å². The number of rotatable bonds is 3. The van der Waals surface area contributed by atoms with Crippen molar-refractivity contribution in [3.05, 3.63) is 0 Å². The first-order chi connectivity index (χ1) is 6.80. The van der Waals surface area contributed by atoms with Crippen LogP contribution in [0.25, 0.3) is 0 Å². The van der Waals surface area contributed by atoms with Gasteiger partial charge in [0.25, 0.3) is 0 Å². The lowest BCUT2D eigenvalue weighted by Crippen LogP contribution is -2.57. The van der Waals surface area contributed by atoms with Crippen LogP contribution < -0.4 is 0 Å². The van der Waals surface area contributed by atoms with E-state index in [0.29, 0.717) is 12.8 Å². The summed E-state index contributed by atoms with van der Waals surface area (Å²) in [5, 5.41) is 9.24. The van der Waals surface area contributed by atoms with Gasteiger partial charge in [-0.05, 0) is 0 Å². The maximum atomic E-state index is 9.24. The number of methoxy groups -OCH3 is 2. The fourth-order valence-electron chi connectivity index (χ4n) is 1.95. The van der Waals surface area contributed by atoms with Gasteiger partial charge in [0.05, 0.1) is 6.07 Å². The van der Waals surface area contributed by atoms with Crippen molar-refractivity contribution < 1.29 is 9.47 Å². The van der Waals surface area contributed by atoms with E-state index in [1.54, 1.807) is 26.0 Å². The highest BCUT2D eigenvalue weighted by Gasteiger charge is 2.58. The molecule has 86 valence electrons. The molecule has 0 amide bonds. The second-order valence-corrected chi connectivity index (χ2v) is 7.20. The van der Waals surface area contributed by atoms with Crippen molar-refractivity contribution in [3.8, 4) is 6.07 Å². The predicted molar refractivity (Wildman–Crippen MR) is 61.7 cm³/mol. The molecule has 1 aliphatic carbocycles. The van der Waals surface area contributed by atoms with Crippen molar-refractivity contribution in [2.45, 2.75) is 48.9 Å². The van der Waals surface area contributed by atoms with Crippen LogP contribution in [0.5, 0.6) is 0 Å². The van der Waals surface area contributed by atoms with E-state index in [4.69, 9.17) is 9.47 Å². The molecule has 0 aromatic rings. The monoisotopic (exact) mass is 229 g/mol. The van der Waals surface area contributed by atoms with Crippen LogP contribution in [-0.2, 0) is 9.47 Å². The Labute approximate surface area is 96.1 Å². The van der Waals surface area contributed by atoms with Crippen molar-refractivity contribution in [1.29, 1.82) is 5.26 Å². The van der Waals surface area contributed by atoms with E-state index in [1.807, 2.05) is 0 Å². The normalized spacial score (nSPS) is 22.9. The molecule has 0 unspecified atom stereocenters. The van der Waals surface area contributed by atoms with Crippen LogP contribution in [0, 0.1) is 11.3 Å². The van der Waals surface area contributed by atoms with E-state index < -0.39 is 5.79 Å². The summed E-state index contributed by atoms with van der Waals surface area (Å²) in [7, 11) is 3.26. The molecule has 1 saturated carbocycles. The summed E-state index contributed by atoms with van der Waals surface area (Å²) in [6, 6.07) is 2.40. The molecule has 1 rings (SSSR count). The van der Waals surface area contributed by atoms with Gasteiger partial charge in [-0.2, -0.15) is 5.26 Å². The van der Waals surface area contributed by atoms with Gasteiger partial charge in [-0.15, -0.1) is 11.8 Å². The molecule has 1 fully saturated rings. The van der Waals surface area contributed by atoms with Crippen LogP contribution in [0.4, 0.5) is 0 Å². The predicted octanol–water partition coefficient (Wildman–Crippen LogP) is 2.56. The SMILES string of the molecule is COC1(OC)CC(C#N)(SC(C)(C)C)C1. The molecule has 0 saturated heterocycles. The van der Waals surface area contributed by atoms with E-state index in [-0.39, 0.29) is 9.49 Å². The molecule has 0 aromatic carbocycles. The van der Waals surface area contributed by atoms with Gasteiger partial charge in [0, 0.05) is 31.8 Å². The zero-order chi connectivity index (χ0) is 11.7. The van der Waals surface area contributed by atoms with Crippen molar-refractivity contribution in [3.63, 3.8) is 0 Å². The summed E-state index contributed by atoms with van der Waals surface area (Å²) in [6.07, 6.45) is 1.29. The summed E-state index contributed by atoms with van der Waals surface area (Å²) < 4.78 is 10.4. The molecule has 0 radical (unpaired) electrons. The Morgan fingerprint density at radius 3 is 1.93 bits per heavy atom. The van der Waals surface area contributed by atoms with Crippen molar-refractivity contribution >= 4 is 11.8 Å². The lowest BCUT2D eigenvalue weighted by atomic mass is 9.78. The number of nitriles is 1. The van der Waals surface area contributed by atoms with Gasteiger partial charge in [0.2, 0.25) is 0 Å². The van der Waals surface area contributed by atoms with E-state index in [9.17, 15) is 5.26 Å². The van der Waals surface area contributed by atoms with Gasteiger partial charge in [-0.25, -0.2) is 0 Å². The van der Waals surface area contributed by atoms with E-state index in [1.165, 1.54) is 0 Å². The molecular weight excluding hydrogens is 210 g/mol. The minimum atomic E-state index is -0.534. The number of thioether (sulfide) groups is 1. The van der Waals surface area contributed by atoms with Gasteiger partial charge < -0.3 is 9.47 Å². The highest BCUT2D eigenvalue weighted by molar-refractivity contribution is 8.02. The van der Waals surface area contributed by atoms with Gasteiger partial charge in [0.1, 0.15) is 4.75 Å². The van der Waals surface area contributed by atoms with E-state index in [2.05, 4.69) is 26.8 Å². The Kier molecular flexibility index (Phi) is 3.39. The Balaban J connectivity index is 2.68. The first-order valence-corrected chi connectivity index (χ1v) is 5.84. The largest absolute Gasteiger partial charge is 0.353 e. The van der Waals surface area contributed by atoms with Crippen LogP contribution in [0.1, 0.15) is 33.6 Å². The topological polar surface area (TPSA) is 42.2 Å². The first-order valence-electron chi connectivity index (χ1n) is 5.02. The van der Waals surface area contributed by atoms with Crippen LogP contribution in [0.3, 0.4) is 0 Å². The molecule has 1 aliphatic rings. The summed E-state index contributed by atoms with van der Waals surface area (Å²) >= 11 is 1.70. The Bertz CT molecular complexity index is 265. The molecule has 0 aromatic heterocycles. The van der Waals surface area contributed by atoms with E-state index in [0.717, 1.165) is 0 Å². The summed E-state index contributed by atoms with van der Waals surface area (Å²) in [6.45, 7) is 6.36. The third-order valence-electron chi connectivity index (χ3n) is 2.56. The second kappa shape index (κ2) is 3.97. The molecule has 4 heteroatoms. The van der Waals surface area contributed by atoms with Gasteiger partial charge in [0.15, 0.2) is 5.79 Å². The standard InChI is InChI=1S/C11H19NO2S/c1-9(2,3)15-10(8-12)6-11(7-10,13-4)14-5/h6-7H2,1-5H3. The Morgan fingerprint density at radius 2 is 1.67 bits per heavy atom. The molecule has 0 atom stereocenters. The highest BCUT2D eigenvalue weighted by Crippen LogP contribution is 2.55. The number of hydrogen-bond acceptors (Lipinski definition) is 4. The molecule has 0 bridgehead atoms. The molecule has 3 nitrogen and oxygen atoms in total. The van der Waals surface area contributed by atoms with Gasteiger partial charge in [-0.1, -0.05) is 20.8 Å². The molecule has 0 spiro atoms. The van der Waals surface area contributed by atoms with Gasteiger partial charge in [-0.3, -0.25) is 0 Å². The van der Waals surface area contributed by atoms with E-state index >= 15 is 0 Å². The quantitative estimate of drug-likeness (QED) is 0.697. The third kappa shape index (κ3) is 2.66. The zero-order valence-corrected chi connectivity index (χ0v) is 10.9. The number of hydrogen-bond donors (Lipinski definition) is 0. The van der Waals surface area contributed by atoms with Crippen LogP contribution in [0.2, 0.25) is 0 Å². The molecular formula is C11H19NO2S. The fourth-order valence-corrected chi connectivity index (χ4v) is 3.75. The zero-order valence-electron chi connectivity index (χ0n) is 10.1. The first kappa shape index (κ1) is 12.8. The average molecular weight is 229 g/mol. The smallest absolute Gasteiger partial charge is 0.172 e. The van der Waals surface area contributed by atoms with Crippen LogP contribution in [0.15, 0.2) is 0 Å². The molecule has 0 aliphatic heterocycles. The third-order valence-corrected chi connectivity index (χ3v) is 3.94. The maximum absolute atomic E-state index is 9.24. The van der Waals surface area contributed by atoms with Crippen LogP contribution in [-0.4, -0.2) is 29.5 Å². The van der Waals surface area contributed by atoms with Gasteiger partial charge >= 0.3 is 0 Å². The highest BCUT2D eigenvalue weighted by atomic mass is 32.2. The minimum absolute atomic E-state index is 0.0867. The van der Waals surface area contributed by atoms with Crippen molar-refractivity contribution in [2.75, 3.05) is 14.2 Å². The molecule has 15 heavy (non-hydrogen) atoms. The lowest BCUT2D eigenvalue weighted by Gasteiger charge is -2.51. The Hall–Kier alpha value is -0.240. The lowest BCUT2D eigenvalue weighted by molar-refractivity contribution is -0.255. The second-order valence-electron chi connectivity index (χ2n) is 4.99. The Morgan fingerprint density at radius 1 is 1.20 bits per heavy atom. The van der Waals surface area contributed by atoms with Crippen molar-refractivity contribution in [2.24, 2.45) is 0 Å². The minimum Gasteiger partial charge on any atom is -0.353 e. The fraction of sp³-hybridized carbons (Fsp3) is 0.909. The average Bonchev–Trinajstić information content (AvgIpc) is 2.09. The maximum Gasteiger partial charge on any atom is 0.172 e.